The molecule has 1 aromatic heterocycles. The minimum atomic E-state index is -4.43. The van der Waals surface area contributed by atoms with Crippen LogP contribution >= 0.6 is 0 Å². The van der Waals surface area contributed by atoms with Crippen molar-refractivity contribution in [3.05, 3.63) is 41.7 Å². The molecule has 23 heavy (non-hydrogen) atoms. The number of carboxylic acid groups (broad SMARTS) is 1. The zero-order chi connectivity index (χ0) is 17.5. The molecule has 1 atom stereocenters. The maximum Gasteiger partial charge on any atom is 0.418 e. The number of alkyl halides is 3. The molecular weight excluding hydrogens is 319 g/mol. The Morgan fingerprint density at radius 2 is 2.00 bits per heavy atom. The summed E-state index contributed by atoms with van der Waals surface area (Å²) >= 11 is 0. The molecule has 0 aliphatic carbocycles. The van der Waals surface area contributed by atoms with E-state index in [0.717, 1.165) is 10.9 Å². The van der Waals surface area contributed by atoms with E-state index in [2.05, 4.69) is 21.3 Å². The van der Waals surface area contributed by atoms with Gasteiger partial charge >= 0.3 is 12.3 Å². The lowest BCUT2D eigenvalue weighted by atomic mass is 10.0. The first-order valence-electron chi connectivity index (χ1n) is 6.07. The molecule has 1 aromatic carbocycles. The van der Waals surface area contributed by atoms with E-state index in [0.29, 0.717) is 0 Å². The summed E-state index contributed by atoms with van der Waals surface area (Å²) in [6.45, 7) is 0.0348. The zero-order valence-corrected chi connectivity index (χ0v) is 11.6. The number of amides is 1. The highest BCUT2D eigenvalue weighted by Crippen LogP contribution is 2.34. The van der Waals surface area contributed by atoms with Crippen LogP contribution in [0.4, 0.5) is 18.0 Å². The van der Waals surface area contributed by atoms with Gasteiger partial charge < -0.3 is 10.8 Å². The van der Waals surface area contributed by atoms with Crippen LogP contribution in [0.5, 0.6) is 0 Å². The summed E-state index contributed by atoms with van der Waals surface area (Å²) in [6.07, 6.45) is -4.45. The fourth-order valence-corrected chi connectivity index (χ4v) is 1.62. The molecule has 0 radical (unpaired) electrons. The Kier molecular flexibility index (Phi) is 6.41. The number of carbonyl (C=O) groups is 1. The zero-order valence-electron chi connectivity index (χ0n) is 11.6. The molecular formula is C11H14F3N7O2. The van der Waals surface area contributed by atoms with Crippen molar-refractivity contribution in [1.29, 1.82) is 0 Å². The molecule has 2 aromatic rings. The molecule has 0 unspecified atom stereocenters. The van der Waals surface area contributed by atoms with Crippen molar-refractivity contribution in [2.75, 3.05) is 0 Å². The number of hydrazine groups is 1. The molecule has 2 rings (SSSR count). The highest BCUT2D eigenvalue weighted by Gasteiger charge is 2.34. The summed E-state index contributed by atoms with van der Waals surface area (Å²) in [7, 11) is 0. The van der Waals surface area contributed by atoms with Gasteiger partial charge in [-0.25, -0.2) is 10.6 Å². The van der Waals surface area contributed by atoms with Gasteiger partial charge in [-0.15, -0.1) is 10.2 Å². The first kappa shape index (κ1) is 18.3. The Labute approximate surface area is 128 Å². The molecule has 9 nitrogen and oxygen atoms in total. The fraction of sp³-hybridized carbons (Fsp3) is 0.273. The van der Waals surface area contributed by atoms with Crippen LogP contribution in [-0.4, -0.2) is 31.4 Å². The standard InChI is InChI=1S/C10H10F3N5.CH4N2O2/c11-10(12,13)8-4-2-1-3-7(8)9(14)5-18-16-6-15-17-18;2-3-1(4)5/h1-4,6,9H,5,14H2;3H,2H2,(H,4,5)/t9-;/m1./s1. The summed E-state index contributed by atoms with van der Waals surface area (Å²) in [6, 6.07) is 4.34. The monoisotopic (exact) mass is 333 g/mol. The van der Waals surface area contributed by atoms with E-state index in [1.807, 2.05) is 0 Å². The molecule has 0 saturated carbocycles. The van der Waals surface area contributed by atoms with E-state index in [-0.39, 0.29) is 12.1 Å². The van der Waals surface area contributed by atoms with Gasteiger partial charge in [-0.3, -0.25) is 5.43 Å². The van der Waals surface area contributed by atoms with E-state index >= 15 is 0 Å². The van der Waals surface area contributed by atoms with Crippen LogP contribution in [0.25, 0.3) is 0 Å². The Morgan fingerprint density at radius 1 is 1.39 bits per heavy atom. The number of rotatable bonds is 3. The lowest BCUT2D eigenvalue weighted by Gasteiger charge is -2.17. The molecule has 0 saturated heterocycles. The van der Waals surface area contributed by atoms with Gasteiger partial charge in [-0.1, -0.05) is 18.2 Å². The van der Waals surface area contributed by atoms with Crippen molar-refractivity contribution in [3.63, 3.8) is 0 Å². The van der Waals surface area contributed by atoms with Crippen LogP contribution < -0.4 is 17.0 Å². The molecule has 1 heterocycles. The third-order valence-corrected chi connectivity index (χ3v) is 2.54. The Bertz CT molecular complexity index is 618. The highest BCUT2D eigenvalue weighted by molar-refractivity contribution is 5.63. The average Bonchev–Trinajstić information content (AvgIpc) is 3.00. The number of benzene rings is 1. The number of nitrogens with zero attached hydrogens (tertiary/aromatic N) is 4. The number of hydrogen-bond donors (Lipinski definition) is 4. The van der Waals surface area contributed by atoms with E-state index in [1.54, 1.807) is 0 Å². The first-order valence-corrected chi connectivity index (χ1v) is 6.07. The number of aromatic nitrogens is 4. The molecule has 126 valence electrons. The van der Waals surface area contributed by atoms with Crippen molar-refractivity contribution in [2.45, 2.75) is 18.8 Å². The van der Waals surface area contributed by atoms with Crippen molar-refractivity contribution < 1.29 is 23.1 Å². The van der Waals surface area contributed by atoms with Gasteiger partial charge in [0.05, 0.1) is 18.2 Å². The Morgan fingerprint density at radius 3 is 2.48 bits per heavy atom. The molecule has 6 N–H and O–H groups in total. The summed E-state index contributed by atoms with van der Waals surface area (Å²) in [5.74, 6) is 4.32. The maximum atomic E-state index is 12.8. The number of nitrogens with two attached hydrogens (primary N) is 2. The summed E-state index contributed by atoms with van der Waals surface area (Å²) in [5, 5.41) is 18.2. The van der Waals surface area contributed by atoms with Crippen LogP contribution in [0, 0.1) is 0 Å². The van der Waals surface area contributed by atoms with Crippen LogP contribution in [0.3, 0.4) is 0 Å². The van der Waals surface area contributed by atoms with Crippen LogP contribution in [-0.2, 0) is 12.7 Å². The van der Waals surface area contributed by atoms with Crippen molar-refractivity contribution in [2.24, 2.45) is 11.6 Å². The van der Waals surface area contributed by atoms with Gasteiger partial charge in [0.2, 0.25) is 0 Å². The predicted octanol–water partition coefficient (Wildman–Crippen LogP) is 0.520. The molecule has 1 amide bonds. The van der Waals surface area contributed by atoms with Gasteiger partial charge in [-0.2, -0.15) is 18.0 Å². The van der Waals surface area contributed by atoms with Gasteiger partial charge in [0, 0.05) is 0 Å². The Balaban J connectivity index is 0.000000463. The molecule has 0 aliphatic heterocycles. The first-order chi connectivity index (χ1) is 10.8. The van der Waals surface area contributed by atoms with Gasteiger partial charge in [-0.05, 0) is 16.8 Å². The van der Waals surface area contributed by atoms with Gasteiger partial charge in [0.1, 0.15) is 0 Å². The predicted molar refractivity (Wildman–Crippen MR) is 71.5 cm³/mol. The molecule has 0 fully saturated rings. The van der Waals surface area contributed by atoms with Crippen molar-refractivity contribution >= 4 is 6.09 Å². The van der Waals surface area contributed by atoms with E-state index in [1.165, 1.54) is 30.0 Å². The molecule has 0 bridgehead atoms. The van der Waals surface area contributed by atoms with Gasteiger partial charge in [0.25, 0.3) is 0 Å². The SMILES string of the molecule is NNC(=O)O.N[C@H](Cn1ncnn1)c1ccccc1C(F)(F)F. The summed E-state index contributed by atoms with van der Waals surface area (Å²) in [5.41, 5.74) is 6.48. The molecule has 0 spiro atoms. The van der Waals surface area contributed by atoms with Crippen LogP contribution in [0.15, 0.2) is 30.6 Å². The van der Waals surface area contributed by atoms with Crippen molar-refractivity contribution in [3.8, 4) is 0 Å². The van der Waals surface area contributed by atoms with E-state index in [9.17, 15) is 13.2 Å². The van der Waals surface area contributed by atoms with E-state index in [4.69, 9.17) is 15.6 Å². The van der Waals surface area contributed by atoms with Crippen LogP contribution in [0.2, 0.25) is 0 Å². The molecule has 0 aliphatic rings. The van der Waals surface area contributed by atoms with Crippen LogP contribution in [0.1, 0.15) is 17.2 Å². The summed E-state index contributed by atoms with van der Waals surface area (Å²) < 4.78 is 38.3. The number of tetrazole rings is 1. The topological polar surface area (TPSA) is 145 Å². The second kappa shape index (κ2) is 8.05. The minimum absolute atomic E-state index is 0.0160. The fourth-order valence-electron chi connectivity index (χ4n) is 1.62. The highest BCUT2D eigenvalue weighted by atomic mass is 19.4. The third kappa shape index (κ3) is 5.88. The number of hydrogen-bond acceptors (Lipinski definition) is 6. The lowest BCUT2D eigenvalue weighted by molar-refractivity contribution is -0.138. The Hall–Kier alpha value is -2.73. The number of nitrogens with one attached hydrogen (secondary N) is 1. The second-order valence-electron chi connectivity index (χ2n) is 4.13. The lowest BCUT2D eigenvalue weighted by Crippen LogP contribution is -2.27. The smallest absolute Gasteiger partial charge is 0.418 e. The molecule has 12 heteroatoms. The largest absolute Gasteiger partial charge is 0.464 e. The quantitative estimate of drug-likeness (QED) is 0.364. The minimum Gasteiger partial charge on any atom is -0.464 e. The average molecular weight is 333 g/mol. The van der Waals surface area contributed by atoms with E-state index < -0.39 is 23.9 Å². The third-order valence-electron chi connectivity index (χ3n) is 2.54. The normalized spacial score (nSPS) is 12.0. The second-order valence-corrected chi connectivity index (χ2v) is 4.13. The number of halogens is 3. The van der Waals surface area contributed by atoms with Gasteiger partial charge in [0.15, 0.2) is 6.33 Å². The summed E-state index contributed by atoms with van der Waals surface area (Å²) in [4.78, 5) is 10.3. The maximum absolute atomic E-state index is 12.8. The van der Waals surface area contributed by atoms with Crippen molar-refractivity contribution in [1.82, 2.24) is 25.6 Å².